The predicted molar refractivity (Wildman–Crippen MR) is 64.7 cm³/mol. The van der Waals surface area contributed by atoms with E-state index in [1.165, 1.54) is 16.8 Å². The van der Waals surface area contributed by atoms with Crippen LogP contribution >= 0.6 is 11.6 Å². The minimum absolute atomic E-state index is 0.140. The molecule has 0 amide bonds. The van der Waals surface area contributed by atoms with Crippen LogP contribution in [0.25, 0.3) is 5.69 Å². The van der Waals surface area contributed by atoms with Gasteiger partial charge in [-0.25, -0.2) is 9.48 Å². The van der Waals surface area contributed by atoms with Gasteiger partial charge in [0.2, 0.25) is 0 Å². The molecule has 0 aliphatic carbocycles. The average Bonchev–Trinajstić information content (AvgIpc) is 2.58. The first-order valence-corrected chi connectivity index (χ1v) is 5.22. The highest BCUT2D eigenvalue weighted by Gasteiger charge is 2.10. The molecule has 0 bridgehead atoms. The minimum atomic E-state index is -1.02. The Hall–Kier alpha value is -2.01. The van der Waals surface area contributed by atoms with Gasteiger partial charge in [-0.1, -0.05) is 11.6 Å². The first-order chi connectivity index (χ1) is 7.99. The van der Waals surface area contributed by atoms with Crippen LogP contribution in [0.1, 0.15) is 16.1 Å². The van der Waals surface area contributed by atoms with Crippen molar-refractivity contribution in [1.29, 1.82) is 0 Å². The number of halogens is 1. The maximum Gasteiger partial charge on any atom is 0.335 e. The molecule has 0 saturated heterocycles. The van der Waals surface area contributed by atoms with Gasteiger partial charge in [0.05, 0.1) is 27.7 Å². The Morgan fingerprint density at radius 3 is 2.71 bits per heavy atom. The van der Waals surface area contributed by atoms with Crippen molar-refractivity contribution in [2.45, 2.75) is 6.92 Å². The fourth-order valence-corrected chi connectivity index (χ4v) is 1.59. The van der Waals surface area contributed by atoms with Gasteiger partial charge in [0.15, 0.2) is 0 Å². The molecule has 0 aliphatic rings. The number of nitrogens with zero attached hydrogens (tertiary/aromatic N) is 2. The number of aromatic carboxylic acids is 1. The zero-order valence-corrected chi connectivity index (χ0v) is 9.77. The molecule has 0 atom stereocenters. The zero-order valence-electron chi connectivity index (χ0n) is 9.01. The quantitative estimate of drug-likeness (QED) is 0.801. The maximum absolute atomic E-state index is 10.8. The van der Waals surface area contributed by atoms with Gasteiger partial charge in [-0.3, -0.25) is 0 Å². The number of anilines is 1. The lowest BCUT2D eigenvalue weighted by Crippen LogP contribution is -2.04. The summed E-state index contributed by atoms with van der Waals surface area (Å²) < 4.78 is 1.53. The Kier molecular flexibility index (Phi) is 2.77. The average molecular weight is 252 g/mol. The Balaban J connectivity index is 2.50. The van der Waals surface area contributed by atoms with Crippen LogP contribution < -0.4 is 5.73 Å². The Morgan fingerprint density at radius 1 is 1.53 bits per heavy atom. The molecule has 3 N–H and O–H groups in total. The molecular formula is C11H10ClN3O2. The van der Waals surface area contributed by atoms with E-state index >= 15 is 0 Å². The smallest absolute Gasteiger partial charge is 0.335 e. The second kappa shape index (κ2) is 4.10. The van der Waals surface area contributed by atoms with Gasteiger partial charge in [0.1, 0.15) is 0 Å². The number of nitrogens with two attached hydrogens (primary N) is 1. The third kappa shape index (κ3) is 2.09. The van der Waals surface area contributed by atoms with Gasteiger partial charge < -0.3 is 10.8 Å². The molecular weight excluding hydrogens is 242 g/mol. The van der Waals surface area contributed by atoms with E-state index in [9.17, 15) is 4.79 Å². The highest BCUT2D eigenvalue weighted by molar-refractivity contribution is 6.31. The number of aryl methyl sites for hydroxylation is 1. The molecule has 1 heterocycles. The van der Waals surface area contributed by atoms with Crippen molar-refractivity contribution >= 4 is 23.3 Å². The molecule has 0 saturated carbocycles. The number of carboxylic acids is 1. The third-order valence-corrected chi connectivity index (χ3v) is 2.73. The number of hydrogen-bond acceptors (Lipinski definition) is 3. The molecule has 0 unspecified atom stereocenters. The fourth-order valence-electron chi connectivity index (χ4n) is 1.46. The van der Waals surface area contributed by atoms with E-state index in [4.69, 9.17) is 22.4 Å². The lowest BCUT2D eigenvalue weighted by Gasteiger charge is -2.06. The van der Waals surface area contributed by atoms with Crippen LogP contribution in [0.2, 0.25) is 5.02 Å². The molecule has 2 rings (SSSR count). The summed E-state index contributed by atoms with van der Waals surface area (Å²) in [6, 6.07) is 4.46. The van der Waals surface area contributed by atoms with E-state index in [0.717, 1.165) is 0 Å². The van der Waals surface area contributed by atoms with Crippen molar-refractivity contribution < 1.29 is 9.90 Å². The van der Waals surface area contributed by atoms with Gasteiger partial charge >= 0.3 is 5.97 Å². The van der Waals surface area contributed by atoms with Crippen molar-refractivity contribution in [3.05, 3.63) is 40.7 Å². The molecule has 17 heavy (non-hydrogen) atoms. The molecule has 0 spiro atoms. The van der Waals surface area contributed by atoms with Gasteiger partial charge in [0.25, 0.3) is 0 Å². The molecule has 1 aromatic carbocycles. The predicted octanol–water partition coefficient (Wildman–Crippen LogP) is 2.11. The van der Waals surface area contributed by atoms with Crippen LogP contribution in [0.4, 0.5) is 5.69 Å². The molecule has 1 aromatic heterocycles. The molecule has 0 aliphatic heterocycles. The Bertz CT molecular complexity index is 573. The number of carboxylic acid groups (broad SMARTS) is 1. The van der Waals surface area contributed by atoms with E-state index in [1.54, 1.807) is 19.2 Å². The highest BCUT2D eigenvalue weighted by Crippen LogP contribution is 2.21. The maximum atomic E-state index is 10.8. The zero-order chi connectivity index (χ0) is 12.6. The van der Waals surface area contributed by atoms with Crippen LogP contribution in [0, 0.1) is 6.92 Å². The van der Waals surface area contributed by atoms with E-state index in [0.29, 0.717) is 22.1 Å². The van der Waals surface area contributed by atoms with E-state index < -0.39 is 5.97 Å². The van der Waals surface area contributed by atoms with E-state index in [2.05, 4.69) is 5.10 Å². The fraction of sp³-hybridized carbons (Fsp3) is 0.0909. The van der Waals surface area contributed by atoms with Crippen molar-refractivity contribution in [2.75, 3.05) is 5.73 Å². The topological polar surface area (TPSA) is 81.1 Å². The number of nitrogen functional groups attached to an aromatic ring is 1. The second-order valence-electron chi connectivity index (χ2n) is 3.59. The second-order valence-corrected chi connectivity index (χ2v) is 3.99. The first kappa shape index (κ1) is 11.5. The first-order valence-electron chi connectivity index (χ1n) is 4.84. The van der Waals surface area contributed by atoms with Crippen molar-refractivity contribution in [3.8, 4) is 5.69 Å². The lowest BCUT2D eigenvalue weighted by atomic mass is 10.2. The summed E-state index contributed by atoms with van der Waals surface area (Å²) >= 11 is 5.90. The number of hydrogen-bond donors (Lipinski definition) is 2. The Morgan fingerprint density at radius 2 is 2.24 bits per heavy atom. The monoisotopic (exact) mass is 251 g/mol. The van der Waals surface area contributed by atoms with Crippen molar-refractivity contribution in [2.24, 2.45) is 0 Å². The van der Waals surface area contributed by atoms with Crippen LogP contribution in [0.5, 0.6) is 0 Å². The van der Waals surface area contributed by atoms with E-state index in [1.807, 2.05) is 0 Å². The molecule has 88 valence electrons. The summed E-state index contributed by atoms with van der Waals surface area (Å²) in [6.45, 7) is 1.78. The van der Waals surface area contributed by atoms with Crippen LogP contribution in [-0.2, 0) is 0 Å². The number of benzene rings is 1. The largest absolute Gasteiger partial charge is 0.478 e. The van der Waals surface area contributed by atoms with Gasteiger partial charge in [-0.15, -0.1) is 0 Å². The summed E-state index contributed by atoms with van der Waals surface area (Å²) in [6.07, 6.45) is 1.63. The third-order valence-electron chi connectivity index (χ3n) is 2.36. The molecule has 0 radical (unpaired) electrons. The number of aromatic nitrogens is 2. The molecule has 5 nitrogen and oxygen atoms in total. The highest BCUT2D eigenvalue weighted by atomic mass is 35.5. The van der Waals surface area contributed by atoms with Crippen molar-refractivity contribution in [3.63, 3.8) is 0 Å². The molecule has 0 fully saturated rings. The van der Waals surface area contributed by atoms with Crippen LogP contribution in [0.3, 0.4) is 0 Å². The minimum Gasteiger partial charge on any atom is -0.478 e. The SMILES string of the molecule is Cc1nn(-c2ccc(C(=O)O)cc2N)cc1Cl. The number of carbonyl (C=O) groups is 1. The van der Waals surface area contributed by atoms with Crippen molar-refractivity contribution in [1.82, 2.24) is 9.78 Å². The van der Waals surface area contributed by atoms with E-state index in [-0.39, 0.29) is 5.56 Å². The summed E-state index contributed by atoms with van der Waals surface area (Å²) in [4.78, 5) is 10.8. The van der Waals surface area contributed by atoms with Crippen LogP contribution in [-0.4, -0.2) is 20.9 Å². The van der Waals surface area contributed by atoms with Gasteiger partial charge in [0, 0.05) is 6.20 Å². The summed E-state index contributed by atoms with van der Waals surface area (Å²) in [7, 11) is 0. The summed E-state index contributed by atoms with van der Waals surface area (Å²) in [5, 5.41) is 13.5. The lowest BCUT2D eigenvalue weighted by molar-refractivity contribution is 0.0697. The number of rotatable bonds is 2. The Labute approximate surface area is 102 Å². The van der Waals surface area contributed by atoms with Crippen LogP contribution in [0.15, 0.2) is 24.4 Å². The summed E-state index contributed by atoms with van der Waals surface area (Å²) in [5.41, 5.74) is 7.55. The standard InChI is InChI=1S/C11H10ClN3O2/c1-6-8(12)5-15(14-6)10-3-2-7(11(16)17)4-9(10)13/h2-5H,13H2,1H3,(H,16,17). The molecule has 6 heteroatoms. The molecule has 2 aromatic rings. The van der Waals surface area contributed by atoms with Gasteiger partial charge in [-0.05, 0) is 25.1 Å². The van der Waals surface area contributed by atoms with Gasteiger partial charge in [-0.2, -0.15) is 5.10 Å². The normalized spacial score (nSPS) is 10.5. The summed E-state index contributed by atoms with van der Waals surface area (Å²) in [5.74, 6) is -1.02.